The first kappa shape index (κ1) is 26.3. The molecular weight excluding hydrogens is 483 g/mol. The highest BCUT2D eigenvalue weighted by molar-refractivity contribution is 5.97. The molecule has 0 bridgehead atoms. The lowest BCUT2D eigenvalue weighted by Crippen LogP contribution is -2.43. The Hall–Kier alpha value is -3.81. The van der Waals surface area contributed by atoms with Gasteiger partial charge in [-0.25, -0.2) is 14.0 Å². The van der Waals surface area contributed by atoms with Gasteiger partial charge in [0.1, 0.15) is 16.9 Å². The summed E-state index contributed by atoms with van der Waals surface area (Å²) in [5.41, 5.74) is -1.34. The van der Waals surface area contributed by atoms with Gasteiger partial charge < -0.3 is 29.4 Å². The second-order valence-electron chi connectivity index (χ2n) is 10.6. The molecule has 0 radical (unpaired) electrons. The van der Waals surface area contributed by atoms with Crippen LogP contribution >= 0.6 is 0 Å². The van der Waals surface area contributed by atoms with E-state index in [-0.39, 0.29) is 35.2 Å². The van der Waals surface area contributed by atoms with Crippen LogP contribution < -0.4 is 20.4 Å². The predicted molar refractivity (Wildman–Crippen MR) is 134 cm³/mol. The Balaban J connectivity index is 1.71. The third kappa shape index (κ3) is 5.33. The van der Waals surface area contributed by atoms with E-state index in [1.54, 1.807) is 30.2 Å². The van der Waals surface area contributed by atoms with Crippen LogP contribution in [0.3, 0.4) is 0 Å². The number of carboxylic acids is 1. The van der Waals surface area contributed by atoms with Gasteiger partial charge in [-0.05, 0) is 52.0 Å². The number of nitrogens with zero attached hydrogens (tertiary/aromatic N) is 3. The smallest absolute Gasteiger partial charge is 0.407 e. The number of rotatable bonds is 7. The van der Waals surface area contributed by atoms with Gasteiger partial charge in [0.25, 0.3) is 0 Å². The van der Waals surface area contributed by atoms with E-state index in [0.717, 1.165) is 18.9 Å². The lowest BCUT2D eigenvalue weighted by atomic mass is 9.96. The molecule has 4 rings (SSSR count). The molecular formula is C26H31FN4O6. The number of amides is 1. The first-order chi connectivity index (χ1) is 17.4. The molecule has 1 saturated heterocycles. The molecule has 37 heavy (non-hydrogen) atoms. The number of pyridine rings is 1. The molecule has 1 aliphatic heterocycles. The number of carboxylic acid groups (broad SMARTS) is 1. The van der Waals surface area contributed by atoms with Crippen LogP contribution in [0.5, 0.6) is 5.75 Å². The number of carbonyl (C=O) groups excluding carboxylic acids is 1. The molecule has 1 aromatic heterocycles. The molecule has 1 aromatic carbocycles. The Morgan fingerprint density at radius 1 is 1.32 bits per heavy atom. The van der Waals surface area contributed by atoms with Crippen LogP contribution in [0, 0.1) is 23.1 Å². The van der Waals surface area contributed by atoms with Gasteiger partial charge in [-0.1, -0.05) is 0 Å². The minimum atomic E-state index is -1.37. The number of halogens is 1. The average molecular weight is 515 g/mol. The molecule has 1 saturated carbocycles. The fourth-order valence-corrected chi connectivity index (χ4v) is 4.94. The van der Waals surface area contributed by atoms with E-state index >= 15 is 4.39 Å². The number of fused-ring (bicyclic) bond motifs is 1. The van der Waals surface area contributed by atoms with E-state index < -0.39 is 40.5 Å². The number of methoxy groups -OCH3 is 1. The molecule has 1 aliphatic carbocycles. The number of aromatic nitrogens is 1. The Morgan fingerprint density at radius 3 is 2.59 bits per heavy atom. The maximum Gasteiger partial charge on any atom is 0.407 e. The molecule has 2 N–H and O–H groups in total. The highest BCUT2D eigenvalue weighted by atomic mass is 19.1. The normalized spacial score (nSPS) is 18.4. The van der Waals surface area contributed by atoms with Crippen molar-refractivity contribution >= 4 is 28.7 Å². The first-order valence-corrected chi connectivity index (χ1v) is 12.2. The third-order valence-corrected chi connectivity index (χ3v) is 6.70. The summed E-state index contributed by atoms with van der Waals surface area (Å²) in [5.74, 6) is -2.07. The molecule has 0 spiro atoms. The molecule has 2 atom stereocenters. The second-order valence-corrected chi connectivity index (χ2v) is 10.6. The number of carbonyl (C=O) groups is 2. The van der Waals surface area contributed by atoms with Crippen molar-refractivity contribution in [3.63, 3.8) is 0 Å². The Labute approximate surface area is 213 Å². The van der Waals surface area contributed by atoms with E-state index in [1.165, 1.54) is 13.3 Å². The van der Waals surface area contributed by atoms with Crippen molar-refractivity contribution in [1.29, 1.82) is 5.26 Å². The number of aromatic carboxylic acids is 1. The summed E-state index contributed by atoms with van der Waals surface area (Å²) in [6.07, 6.45) is 2.96. The summed E-state index contributed by atoms with van der Waals surface area (Å²) in [7, 11) is 1.39. The zero-order valence-corrected chi connectivity index (χ0v) is 21.3. The summed E-state index contributed by atoms with van der Waals surface area (Å²) < 4.78 is 28.3. The summed E-state index contributed by atoms with van der Waals surface area (Å²) in [5, 5.41) is 21.6. The standard InChI is InChI=1S/C26H31FN4O6/c1-26(2,3)37-25(35)29-19(7-9-28)14-8-10-30(12-14)21-18(27)11-16-20(23(21)36-4)31(15-5-6-15)13-17(22(16)32)24(33)34/h11,13-15,19H,5-8,10,12H2,1-4H3,(H,29,35)(H,33,34). The molecule has 198 valence electrons. The number of nitriles is 1. The fourth-order valence-electron chi connectivity index (χ4n) is 4.94. The molecule has 10 nitrogen and oxygen atoms in total. The van der Waals surface area contributed by atoms with Crippen LogP contribution in [0.2, 0.25) is 0 Å². The van der Waals surface area contributed by atoms with Crippen LogP contribution in [-0.2, 0) is 4.74 Å². The summed E-state index contributed by atoms with van der Waals surface area (Å²) in [6, 6.07) is 2.68. The number of hydrogen-bond acceptors (Lipinski definition) is 7. The maximum absolute atomic E-state index is 15.6. The Kier molecular flexibility index (Phi) is 7.04. The number of anilines is 1. The van der Waals surface area contributed by atoms with E-state index in [4.69, 9.17) is 9.47 Å². The van der Waals surface area contributed by atoms with E-state index in [0.29, 0.717) is 25.0 Å². The van der Waals surface area contributed by atoms with Crippen molar-refractivity contribution in [3.8, 4) is 11.8 Å². The Bertz CT molecular complexity index is 1340. The molecule has 2 fully saturated rings. The van der Waals surface area contributed by atoms with Gasteiger partial charge in [-0.15, -0.1) is 0 Å². The van der Waals surface area contributed by atoms with E-state index in [1.807, 2.05) is 0 Å². The number of benzene rings is 1. The lowest BCUT2D eigenvalue weighted by molar-refractivity contribution is 0.0489. The topological polar surface area (TPSA) is 134 Å². The minimum absolute atomic E-state index is 0.00206. The zero-order chi connectivity index (χ0) is 27.1. The van der Waals surface area contributed by atoms with Gasteiger partial charge in [0.05, 0.1) is 30.5 Å². The van der Waals surface area contributed by atoms with Crippen molar-refractivity contribution in [2.24, 2.45) is 5.92 Å². The minimum Gasteiger partial charge on any atom is -0.492 e. The molecule has 1 amide bonds. The molecule has 11 heteroatoms. The predicted octanol–water partition coefficient (Wildman–Crippen LogP) is 3.82. The molecule has 2 aliphatic rings. The summed E-state index contributed by atoms with van der Waals surface area (Å²) in [4.78, 5) is 38.7. The fraction of sp³-hybridized carbons (Fsp3) is 0.538. The largest absolute Gasteiger partial charge is 0.492 e. The highest BCUT2D eigenvalue weighted by Crippen LogP contribution is 2.44. The monoisotopic (exact) mass is 514 g/mol. The van der Waals surface area contributed by atoms with Gasteiger partial charge in [-0.2, -0.15) is 5.26 Å². The molecule has 2 aromatic rings. The summed E-state index contributed by atoms with van der Waals surface area (Å²) in [6.45, 7) is 6.01. The maximum atomic E-state index is 15.6. The molecule has 2 heterocycles. The van der Waals surface area contributed by atoms with Crippen LogP contribution in [-0.4, -0.2) is 53.6 Å². The van der Waals surface area contributed by atoms with Crippen molar-refractivity contribution in [1.82, 2.24) is 9.88 Å². The van der Waals surface area contributed by atoms with Crippen molar-refractivity contribution in [2.75, 3.05) is 25.1 Å². The number of nitrogens with one attached hydrogen (secondary N) is 1. The van der Waals surface area contributed by atoms with Crippen LogP contribution in [0.15, 0.2) is 17.1 Å². The van der Waals surface area contributed by atoms with Crippen LogP contribution in [0.1, 0.15) is 62.9 Å². The quantitative estimate of drug-likeness (QED) is 0.570. The van der Waals surface area contributed by atoms with E-state index in [9.17, 15) is 24.8 Å². The summed E-state index contributed by atoms with van der Waals surface area (Å²) >= 11 is 0. The SMILES string of the molecule is COc1c(N2CCC(C(CC#N)NC(=O)OC(C)(C)C)C2)c(F)cc2c(=O)c(C(=O)O)cn(C3CC3)c12. The van der Waals surface area contributed by atoms with Crippen molar-refractivity contribution < 1.29 is 28.6 Å². The average Bonchev–Trinajstić information content (AvgIpc) is 3.53. The van der Waals surface area contributed by atoms with Crippen molar-refractivity contribution in [3.05, 3.63) is 33.9 Å². The van der Waals surface area contributed by atoms with Gasteiger partial charge in [0.15, 0.2) is 11.6 Å². The van der Waals surface area contributed by atoms with Gasteiger partial charge in [-0.3, -0.25) is 4.79 Å². The Morgan fingerprint density at radius 2 is 2.03 bits per heavy atom. The number of hydrogen-bond donors (Lipinski definition) is 2. The lowest BCUT2D eigenvalue weighted by Gasteiger charge is -2.27. The first-order valence-electron chi connectivity index (χ1n) is 12.2. The van der Waals surface area contributed by atoms with Crippen LogP contribution in [0.25, 0.3) is 10.9 Å². The highest BCUT2D eigenvalue weighted by Gasteiger charge is 2.36. The molecule has 2 unspecified atom stereocenters. The van der Waals surface area contributed by atoms with Crippen LogP contribution in [0.4, 0.5) is 14.9 Å². The second kappa shape index (κ2) is 9.92. The number of ether oxygens (including phenoxy) is 2. The van der Waals surface area contributed by atoms with Gasteiger partial charge >= 0.3 is 12.1 Å². The third-order valence-electron chi connectivity index (χ3n) is 6.70. The zero-order valence-electron chi connectivity index (χ0n) is 21.3. The van der Waals surface area contributed by atoms with Gasteiger partial charge in [0, 0.05) is 31.4 Å². The number of alkyl carbamates (subject to hydrolysis) is 1. The van der Waals surface area contributed by atoms with E-state index in [2.05, 4.69) is 11.4 Å². The van der Waals surface area contributed by atoms with Crippen molar-refractivity contribution in [2.45, 2.75) is 64.1 Å². The van der Waals surface area contributed by atoms with Gasteiger partial charge in [0.2, 0.25) is 5.43 Å².